The molecule has 1 aromatic carbocycles. The number of halogens is 1. The van der Waals surface area contributed by atoms with Crippen molar-refractivity contribution in [2.24, 2.45) is 0 Å². The van der Waals surface area contributed by atoms with E-state index in [1.165, 1.54) is 22.2 Å². The predicted molar refractivity (Wildman–Crippen MR) is 102 cm³/mol. The monoisotopic (exact) mass is 392 g/mol. The third-order valence-corrected chi connectivity index (χ3v) is 5.22. The van der Waals surface area contributed by atoms with Gasteiger partial charge < -0.3 is 9.47 Å². The second-order valence-corrected chi connectivity index (χ2v) is 6.94. The van der Waals surface area contributed by atoms with Crippen LogP contribution in [0.4, 0.5) is 0 Å². The summed E-state index contributed by atoms with van der Waals surface area (Å²) in [5, 5.41) is 1.08. The van der Waals surface area contributed by atoms with Gasteiger partial charge in [0, 0.05) is 5.02 Å². The van der Waals surface area contributed by atoms with Crippen molar-refractivity contribution in [3.63, 3.8) is 0 Å². The standard InChI is InChI=1S/C18H17ClN2O4S/c1-3-24-18(23)15-11(2)14-16(26-15)20-10-21(17(14)22)8-9-25-13-6-4-12(19)5-7-13/h4-7,10H,3,8-9H2,1-2H3. The zero-order valence-electron chi connectivity index (χ0n) is 14.3. The summed E-state index contributed by atoms with van der Waals surface area (Å²) in [4.78, 5) is 30.0. The van der Waals surface area contributed by atoms with Gasteiger partial charge >= 0.3 is 5.97 Å². The second-order valence-electron chi connectivity index (χ2n) is 5.50. The summed E-state index contributed by atoms with van der Waals surface area (Å²) in [5.74, 6) is 0.248. The Morgan fingerprint density at radius 3 is 2.73 bits per heavy atom. The number of aryl methyl sites for hydroxylation is 1. The van der Waals surface area contributed by atoms with Crippen molar-refractivity contribution in [3.8, 4) is 5.75 Å². The van der Waals surface area contributed by atoms with Gasteiger partial charge in [-0.15, -0.1) is 11.3 Å². The van der Waals surface area contributed by atoms with Gasteiger partial charge in [-0.1, -0.05) is 11.6 Å². The highest BCUT2D eigenvalue weighted by atomic mass is 35.5. The van der Waals surface area contributed by atoms with Gasteiger partial charge in [-0.05, 0) is 43.7 Å². The highest BCUT2D eigenvalue weighted by Gasteiger charge is 2.20. The number of ether oxygens (including phenoxy) is 2. The van der Waals surface area contributed by atoms with Crippen LogP contribution in [0.15, 0.2) is 35.4 Å². The van der Waals surface area contributed by atoms with Gasteiger partial charge in [-0.3, -0.25) is 9.36 Å². The van der Waals surface area contributed by atoms with E-state index in [-0.39, 0.29) is 12.2 Å². The van der Waals surface area contributed by atoms with E-state index in [2.05, 4.69) is 4.98 Å². The van der Waals surface area contributed by atoms with Crippen molar-refractivity contribution in [1.82, 2.24) is 9.55 Å². The molecular weight excluding hydrogens is 376 g/mol. The molecule has 0 aliphatic carbocycles. The third-order valence-electron chi connectivity index (χ3n) is 3.79. The molecule has 3 rings (SSSR count). The molecule has 0 N–H and O–H groups in total. The Balaban J connectivity index is 1.80. The highest BCUT2D eigenvalue weighted by molar-refractivity contribution is 7.20. The van der Waals surface area contributed by atoms with E-state index in [1.54, 1.807) is 38.1 Å². The summed E-state index contributed by atoms with van der Waals surface area (Å²) in [6, 6.07) is 7.01. The number of rotatable bonds is 6. The number of hydrogen-bond acceptors (Lipinski definition) is 6. The first-order chi connectivity index (χ1) is 12.5. The topological polar surface area (TPSA) is 70.4 Å². The van der Waals surface area contributed by atoms with Crippen molar-refractivity contribution >= 4 is 39.1 Å². The minimum absolute atomic E-state index is 0.195. The zero-order valence-corrected chi connectivity index (χ0v) is 15.9. The fourth-order valence-corrected chi connectivity index (χ4v) is 3.66. The number of benzene rings is 1. The van der Waals surface area contributed by atoms with Crippen molar-refractivity contribution in [1.29, 1.82) is 0 Å². The molecule has 3 aromatic rings. The Morgan fingerprint density at radius 1 is 1.31 bits per heavy atom. The average molecular weight is 393 g/mol. The van der Waals surface area contributed by atoms with E-state index < -0.39 is 5.97 Å². The number of aromatic nitrogens is 2. The molecule has 0 saturated carbocycles. The maximum Gasteiger partial charge on any atom is 0.348 e. The number of nitrogens with zero attached hydrogens (tertiary/aromatic N) is 2. The molecule has 0 radical (unpaired) electrons. The smallest absolute Gasteiger partial charge is 0.348 e. The fourth-order valence-electron chi connectivity index (χ4n) is 2.50. The Bertz CT molecular complexity index is 995. The van der Waals surface area contributed by atoms with Crippen LogP contribution >= 0.6 is 22.9 Å². The van der Waals surface area contributed by atoms with Crippen LogP contribution in [-0.4, -0.2) is 28.7 Å². The zero-order chi connectivity index (χ0) is 18.7. The van der Waals surface area contributed by atoms with E-state index >= 15 is 0 Å². The molecule has 26 heavy (non-hydrogen) atoms. The first kappa shape index (κ1) is 18.4. The molecule has 2 heterocycles. The lowest BCUT2D eigenvalue weighted by Crippen LogP contribution is -2.23. The van der Waals surface area contributed by atoms with Crippen molar-refractivity contribution in [2.75, 3.05) is 13.2 Å². The predicted octanol–water partition coefficient (Wildman–Crippen LogP) is 3.68. The maximum atomic E-state index is 12.7. The summed E-state index contributed by atoms with van der Waals surface area (Å²) >= 11 is 7.01. The molecular formula is C18H17ClN2O4S. The summed E-state index contributed by atoms with van der Waals surface area (Å²) in [7, 11) is 0. The number of fused-ring (bicyclic) bond motifs is 1. The fraction of sp³-hybridized carbons (Fsp3) is 0.278. The number of esters is 1. The average Bonchev–Trinajstić information content (AvgIpc) is 2.96. The first-order valence-corrected chi connectivity index (χ1v) is 9.24. The number of hydrogen-bond donors (Lipinski definition) is 0. The normalized spacial score (nSPS) is 10.9. The molecule has 136 valence electrons. The van der Waals surface area contributed by atoms with Gasteiger partial charge in [0.2, 0.25) is 0 Å². The van der Waals surface area contributed by atoms with Crippen LogP contribution in [0.25, 0.3) is 10.2 Å². The first-order valence-electron chi connectivity index (χ1n) is 8.05. The molecule has 0 spiro atoms. The molecule has 6 nitrogen and oxygen atoms in total. The van der Waals surface area contributed by atoms with Crippen LogP contribution in [0.3, 0.4) is 0 Å². The van der Waals surface area contributed by atoms with Gasteiger partial charge in [-0.25, -0.2) is 9.78 Å². The Morgan fingerprint density at radius 2 is 2.04 bits per heavy atom. The lowest BCUT2D eigenvalue weighted by molar-refractivity contribution is 0.0531. The molecule has 0 bridgehead atoms. The largest absolute Gasteiger partial charge is 0.492 e. The van der Waals surface area contributed by atoms with Crippen LogP contribution in [-0.2, 0) is 11.3 Å². The lowest BCUT2D eigenvalue weighted by Gasteiger charge is -2.08. The van der Waals surface area contributed by atoms with Crippen LogP contribution in [0.5, 0.6) is 5.75 Å². The summed E-state index contributed by atoms with van der Waals surface area (Å²) in [6.45, 7) is 4.42. The highest BCUT2D eigenvalue weighted by Crippen LogP contribution is 2.27. The minimum Gasteiger partial charge on any atom is -0.492 e. The van der Waals surface area contributed by atoms with Crippen molar-refractivity contribution in [3.05, 3.63) is 56.4 Å². The molecule has 0 aliphatic heterocycles. The molecule has 2 aromatic heterocycles. The van der Waals surface area contributed by atoms with Crippen LogP contribution in [0.2, 0.25) is 5.02 Å². The number of carbonyl (C=O) groups excluding carboxylic acids is 1. The van der Waals surface area contributed by atoms with Gasteiger partial charge in [0.25, 0.3) is 5.56 Å². The maximum absolute atomic E-state index is 12.7. The number of thiophene rings is 1. The molecule has 0 fully saturated rings. The Kier molecular flexibility index (Phi) is 5.58. The van der Waals surface area contributed by atoms with Crippen molar-refractivity contribution in [2.45, 2.75) is 20.4 Å². The molecule has 0 amide bonds. The van der Waals surface area contributed by atoms with E-state index in [9.17, 15) is 9.59 Å². The van der Waals surface area contributed by atoms with Gasteiger partial charge in [-0.2, -0.15) is 0 Å². The summed E-state index contributed by atoms with van der Waals surface area (Å²) < 4.78 is 12.1. The van der Waals surface area contributed by atoms with E-state index in [0.29, 0.717) is 44.6 Å². The SMILES string of the molecule is CCOC(=O)c1sc2ncn(CCOc3ccc(Cl)cc3)c(=O)c2c1C. The van der Waals surface area contributed by atoms with Crippen LogP contribution < -0.4 is 10.3 Å². The minimum atomic E-state index is -0.426. The Labute approximate surface area is 159 Å². The summed E-state index contributed by atoms with van der Waals surface area (Å²) in [5.41, 5.74) is 0.410. The van der Waals surface area contributed by atoms with E-state index in [1.807, 2.05) is 0 Å². The van der Waals surface area contributed by atoms with Crippen LogP contribution in [0.1, 0.15) is 22.2 Å². The van der Waals surface area contributed by atoms with E-state index in [0.717, 1.165) is 0 Å². The molecule has 0 saturated heterocycles. The van der Waals surface area contributed by atoms with Gasteiger partial charge in [0.15, 0.2) is 0 Å². The Hall–Kier alpha value is -2.38. The van der Waals surface area contributed by atoms with Gasteiger partial charge in [0.1, 0.15) is 22.1 Å². The third kappa shape index (κ3) is 3.73. The van der Waals surface area contributed by atoms with Crippen molar-refractivity contribution < 1.29 is 14.3 Å². The molecule has 0 unspecified atom stereocenters. The summed E-state index contributed by atoms with van der Waals surface area (Å²) in [6.07, 6.45) is 1.47. The van der Waals surface area contributed by atoms with Gasteiger partial charge in [0.05, 0.1) is 24.9 Å². The quantitative estimate of drug-likeness (QED) is 0.598. The molecule has 0 aliphatic rings. The lowest BCUT2D eigenvalue weighted by atomic mass is 10.2. The van der Waals surface area contributed by atoms with Crippen LogP contribution in [0, 0.1) is 6.92 Å². The number of carbonyl (C=O) groups is 1. The molecule has 0 atom stereocenters. The van der Waals surface area contributed by atoms with E-state index in [4.69, 9.17) is 21.1 Å². The molecule has 8 heteroatoms. The second kappa shape index (κ2) is 7.88.